The molecule has 2 rings (SSSR count). The smallest absolute Gasteiger partial charge is 0.305 e. The second kappa shape index (κ2) is 5.95. The van der Waals surface area contributed by atoms with Crippen molar-refractivity contribution in [1.29, 1.82) is 0 Å². The molecule has 0 heterocycles. The first-order valence-corrected chi connectivity index (χ1v) is 7.52. The fourth-order valence-corrected chi connectivity index (χ4v) is 3.47. The van der Waals surface area contributed by atoms with Gasteiger partial charge in [-0.05, 0) is 53.4 Å². The molecule has 1 aliphatic carbocycles. The number of hydrogen-bond donors (Lipinski definition) is 2. The Morgan fingerprint density at radius 3 is 2.55 bits per heavy atom. The lowest BCUT2D eigenvalue weighted by molar-refractivity contribution is -0.138. The molecule has 5 heteroatoms. The van der Waals surface area contributed by atoms with Crippen LogP contribution in [0.4, 0.5) is 0 Å². The van der Waals surface area contributed by atoms with E-state index in [1.54, 1.807) is 6.07 Å². The normalized spacial score (nSPS) is 16.9. The summed E-state index contributed by atoms with van der Waals surface area (Å²) >= 11 is 3.39. The van der Waals surface area contributed by atoms with Gasteiger partial charge in [-0.25, -0.2) is 0 Å². The first-order chi connectivity index (χ1) is 9.42. The number of carbonyl (C=O) groups excluding carboxylic acids is 1. The number of carboxylic acids is 1. The van der Waals surface area contributed by atoms with E-state index in [1.807, 2.05) is 19.1 Å². The number of halogens is 1. The van der Waals surface area contributed by atoms with Crippen molar-refractivity contribution in [2.45, 2.75) is 44.6 Å². The minimum Gasteiger partial charge on any atom is -0.481 e. The molecule has 1 aliphatic rings. The van der Waals surface area contributed by atoms with E-state index in [9.17, 15) is 9.59 Å². The summed E-state index contributed by atoms with van der Waals surface area (Å²) in [6, 6.07) is 5.52. The third-order valence-electron chi connectivity index (χ3n) is 3.80. The number of nitrogens with one attached hydrogen (secondary N) is 1. The minimum absolute atomic E-state index is 0.0117. The third kappa shape index (κ3) is 3.39. The molecule has 1 saturated carbocycles. The zero-order chi connectivity index (χ0) is 14.8. The fraction of sp³-hybridized carbons (Fsp3) is 0.467. The molecule has 20 heavy (non-hydrogen) atoms. The lowest BCUT2D eigenvalue weighted by Crippen LogP contribution is -2.47. The Labute approximate surface area is 126 Å². The van der Waals surface area contributed by atoms with E-state index in [2.05, 4.69) is 21.2 Å². The largest absolute Gasteiger partial charge is 0.481 e. The number of aliphatic carboxylic acids is 1. The Hall–Kier alpha value is -1.36. The first kappa shape index (κ1) is 15.0. The molecule has 0 aliphatic heterocycles. The Morgan fingerprint density at radius 1 is 1.35 bits per heavy atom. The zero-order valence-corrected chi connectivity index (χ0v) is 13.0. The highest BCUT2D eigenvalue weighted by atomic mass is 79.9. The summed E-state index contributed by atoms with van der Waals surface area (Å²) in [4.78, 5) is 23.4. The second-order valence-corrected chi connectivity index (χ2v) is 6.35. The summed E-state index contributed by atoms with van der Waals surface area (Å²) in [7, 11) is 0. The zero-order valence-electron chi connectivity index (χ0n) is 11.4. The predicted molar refractivity (Wildman–Crippen MR) is 79.8 cm³/mol. The van der Waals surface area contributed by atoms with Gasteiger partial charge >= 0.3 is 5.97 Å². The van der Waals surface area contributed by atoms with Crippen molar-refractivity contribution in [3.63, 3.8) is 0 Å². The standard InChI is InChI=1S/C15H18BrNO3/c1-10-4-5-11(12(16)8-10)14(20)17-15(9-13(18)19)6-2-3-7-15/h4-5,8H,2-3,6-7,9H2,1H3,(H,17,20)(H,18,19). The molecule has 0 radical (unpaired) electrons. The van der Waals surface area contributed by atoms with Crippen LogP contribution in [-0.2, 0) is 4.79 Å². The van der Waals surface area contributed by atoms with Crippen LogP contribution in [0.25, 0.3) is 0 Å². The van der Waals surface area contributed by atoms with Gasteiger partial charge < -0.3 is 10.4 Å². The van der Waals surface area contributed by atoms with Crippen molar-refractivity contribution in [2.24, 2.45) is 0 Å². The lowest BCUT2D eigenvalue weighted by Gasteiger charge is -2.29. The lowest BCUT2D eigenvalue weighted by atomic mass is 9.92. The van der Waals surface area contributed by atoms with Gasteiger partial charge in [0.1, 0.15) is 0 Å². The average Bonchev–Trinajstić information content (AvgIpc) is 2.75. The van der Waals surface area contributed by atoms with Crippen LogP contribution in [0.2, 0.25) is 0 Å². The van der Waals surface area contributed by atoms with Gasteiger partial charge in [-0.1, -0.05) is 18.9 Å². The molecule has 4 nitrogen and oxygen atoms in total. The quantitative estimate of drug-likeness (QED) is 0.884. The van der Waals surface area contributed by atoms with Crippen LogP contribution in [0, 0.1) is 6.92 Å². The average molecular weight is 340 g/mol. The number of aryl methyl sites for hydroxylation is 1. The Balaban J connectivity index is 2.18. The molecule has 0 aromatic heterocycles. The van der Waals surface area contributed by atoms with Crippen molar-refractivity contribution >= 4 is 27.8 Å². The number of amides is 1. The number of carboxylic acid groups (broad SMARTS) is 1. The van der Waals surface area contributed by atoms with E-state index < -0.39 is 11.5 Å². The van der Waals surface area contributed by atoms with Crippen LogP contribution < -0.4 is 5.32 Å². The molecule has 1 fully saturated rings. The van der Waals surface area contributed by atoms with Crippen molar-refractivity contribution < 1.29 is 14.7 Å². The van der Waals surface area contributed by atoms with Crippen LogP contribution >= 0.6 is 15.9 Å². The second-order valence-electron chi connectivity index (χ2n) is 5.50. The molecule has 0 atom stereocenters. The van der Waals surface area contributed by atoms with E-state index in [0.29, 0.717) is 5.56 Å². The Kier molecular flexibility index (Phi) is 4.48. The summed E-state index contributed by atoms with van der Waals surface area (Å²) in [6.45, 7) is 1.95. The number of carbonyl (C=O) groups is 2. The molecule has 0 bridgehead atoms. The topological polar surface area (TPSA) is 66.4 Å². The van der Waals surface area contributed by atoms with Crippen LogP contribution in [0.1, 0.15) is 48.0 Å². The van der Waals surface area contributed by atoms with E-state index in [4.69, 9.17) is 5.11 Å². The third-order valence-corrected chi connectivity index (χ3v) is 4.45. The number of hydrogen-bond acceptors (Lipinski definition) is 2. The molecule has 0 saturated heterocycles. The van der Waals surface area contributed by atoms with Gasteiger partial charge in [-0.15, -0.1) is 0 Å². The van der Waals surface area contributed by atoms with Crippen LogP contribution in [0.15, 0.2) is 22.7 Å². The molecule has 0 spiro atoms. The van der Waals surface area contributed by atoms with Gasteiger partial charge in [0.2, 0.25) is 0 Å². The van der Waals surface area contributed by atoms with E-state index in [0.717, 1.165) is 35.7 Å². The highest BCUT2D eigenvalue weighted by molar-refractivity contribution is 9.10. The summed E-state index contributed by atoms with van der Waals surface area (Å²) in [5, 5.41) is 12.0. The monoisotopic (exact) mass is 339 g/mol. The van der Waals surface area contributed by atoms with E-state index in [-0.39, 0.29) is 12.3 Å². The van der Waals surface area contributed by atoms with Crippen molar-refractivity contribution in [2.75, 3.05) is 0 Å². The van der Waals surface area contributed by atoms with E-state index >= 15 is 0 Å². The van der Waals surface area contributed by atoms with Crippen molar-refractivity contribution in [1.82, 2.24) is 5.32 Å². The number of benzene rings is 1. The maximum atomic E-state index is 12.4. The molecular weight excluding hydrogens is 322 g/mol. The minimum atomic E-state index is -0.866. The maximum absolute atomic E-state index is 12.4. The van der Waals surface area contributed by atoms with E-state index in [1.165, 1.54) is 0 Å². The molecule has 2 N–H and O–H groups in total. The summed E-state index contributed by atoms with van der Waals surface area (Å²) in [6.07, 6.45) is 3.37. The molecule has 1 aromatic carbocycles. The summed E-state index contributed by atoms with van der Waals surface area (Å²) < 4.78 is 0.735. The molecule has 1 aromatic rings. The molecular formula is C15H18BrNO3. The van der Waals surface area contributed by atoms with Gasteiger partial charge in [0.15, 0.2) is 0 Å². The van der Waals surface area contributed by atoms with Gasteiger partial charge in [0.25, 0.3) is 5.91 Å². The fourth-order valence-electron chi connectivity index (χ4n) is 2.80. The first-order valence-electron chi connectivity index (χ1n) is 6.72. The van der Waals surface area contributed by atoms with Crippen LogP contribution in [0.3, 0.4) is 0 Å². The SMILES string of the molecule is Cc1ccc(C(=O)NC2(CC(=O)O)CCCC2)c(Br)c1. The highest BCUT2D eigenvalue weighted by Gasteiger charge is 2.37. The Bertz CT molecular complexity index is 536. The van der Waals surface area contributed by atoms with Crippen LogP contribution in [0.5, 0.6) is 0 Å². The van der Waals surface area contributed by atoms with Gasteiger partial charge in [-0.2, -0.15) is 0 Å². The Morgan fingerprint density at radius 2 is 2.00 bits per heavy atom. The number of rotatable bonds is 4. The van der Waals surface area contributed by atoms with Crippen molar-refractivity contribution in [3.05, 3.63) is 33.8 Å². The maximum Gasteiger partial charge on any atom is 0.305 e. The molecule has 108 valence electrons. The van der Waals surface area contributed by atoms with Crippen LogP contribution in [-0.4, -0.2) is 22.5 Å². The molecule has 0 unspecified atom stereocenters. The predicted octanol–water partition coefficient (Wildman–Crippen LogP) is 3.27. The van der Waals surface area contributed by atoms with Gasteiger partial charge in [0, 0.05) is 4.47 Å². The van der Waals surface area contributed by atoms with Gasteiger partial charge in [0.05, 0.1) is 17.5 Å². The van der Waals surface area contributed by atoms with Crippen molar-refractivity contribution in [3.8, 4) is 0 Å². The summed E-state index contributed by atoms with van der Waals surface area (Å²) in [5.41, 5.74) is 1.02. The summed E-state index contributed by atoms with van der Waals surface area (Å²) in [5.74, 6) is -1.07. The van der Waals surface area contributed by atoms with Gasteiger partial charge in [-0.3, -0.25) is 9.59 Å². The highest BCUT2D eigenvalue weighted by Crippen LogP contribution is 2.33. The molecule has 1 amide bonds.